The van der Waals surface area contributed by atoms with E-state index in [2.05, 4.69) is 31.6 Å². The molecule has 3 heterocycles. The minimum atomic E-state index is -0.0949. The largest absolute Gasteiger partial charge is 0.336 e. The van der Waals surface area contributed by atoms with Gasteiger partial charge in [0.2, 0.25) is 0 Å². The number of rotatable bonds is 4. The van der Waals surface area contributed by atoms with E-state index in [0.717, 1.165) is 35.3 Å². The highest BCUT2D eigenvalue weighted by Crippen LogP contribution is 2.22. The Hall–Kier alpha value is -0.960. The van der Waals surface area contributed by atoms with Crippen molar-refractivity contribution in [1.29, 1.82) is 0 Å². The number of thiophene rings is 1. The SMILES string of the molecule is CN(Cc1csc(Br)c1)C(=O)c1cn(C2CCNCC2)nn1.Cl. The number of nitrogens with one attached hydrogen (secondary N) is 1. The fourth-order valence-electron chi connectivity index (χ4n) is 2.59. The predicted molar refractivity (Wildman–Crippen MR) is 96.2 cm³/mol. The van der Waals surface area contributed by atoms with Gasteiger partial charge in [-0.2, -0.15) is 0 Å². The zero-order chi connectivity index (χ0) is 15.5. The molecule has 1 N–H and O–H groups in total. The van der Waals surface area contributed by atoms with Gasteiger partial charge in [0.25, 0.3) is 5.91 Å². The number of amides is 1. The molecule has 0 bridgehead atoms. The third-order valence-corrected chi connectivity index (χ3v) is 5.35. The molecule has 0 atom stereocenters. The van der Waals surface area contributed by atoms with Gasteiger partial charge in [0.05, 0.1) is 16.0 Å². The van der Waals surface area contributed by atoms with Crippen molar-refractivity contribution in [1.82, 2.24) is 25.2 Å². The Morgan fingerprint density at radius 1 is 1.52 bits per heavy atom. The number of hydrogen-bond acceptors (Lipinski definition) is 5. The normalized spacial score (nSPS) is 15.2. The lowest BCUT2D eigenvalue weighted by Crippen LogP contribution is -2.29. The van der Waals surface area contributed by atoms with Crippen molar-refractivity contribution in [2.45, 2.75) is 25.4 Å². The molecule has 1 aliphatic rings. The third kappa shape index (κ3) is 4.53. The van der Waals surface area contributed by atoms with Gasteiger partial charge in [-0.15, -0.1) is 28.8 Å². The monoisotopic (exact) mass is 419 g/mol. The Balaban J connectivity index is 0.00000192. The van der Waals surface area contributed by atoms with Crippen LogP contribution in [0.3, 0.4) is 0 Å². The van der Waals surface area contributed by atoms with E-state index in [1.54, 1.807) is 29.5 Å². The van der Waals surface area contributed by atoms with Crippen LogP contribution in [0.2, 0.25) is 0 Å². The zero-order valence-electron chi connectivity index (χ0n) is 12.7. The summed E-state index contributed by atoms with van der Waals surface area (Å²) in [5.41, 5.74) is 1.52. The predicted octanol–water partition coefficient (Wildman–Crippen LogP) is 2.72. The number of carbonyl (C=O) groups excluding carboxylic acids is 1. The van der Waals surface area contributed by atoms with Gasteiger partial charge in [-0.1, -0.05) is 5.21 Å². The zero-order valence-corrected chi connectivity index (χ0v) is 16.0. The molecule has 1 aliphatic heterocycles. The van der Waals surface area contributed by atoms with E-state index in [0.29, 0.717) is 18.3 Å². The fraction of sp³-hybridized carbons (Fsp3) is 0.500. The Kier molecular flexibility index (Phi) is 6.58. The van der Waals surface area contributed by atoms with Crippen molar-refractivity contribution in [3.63, 3.8) is 0 Å². The minimum absolute atomic E-state index is 0. The van der Waals surface area contributed by atoms with Crippen LogP contribution in [0.1, 0.15) is 34.9 Å². The van der Waals surface area contributed by atoms with E-state index < -0.39 is 0 Å². The van der Waals surface area contributed by atoms with Crippen molar-refractivity contribution < 1.29 is 4.79 Å². The topological polar surface area (TPSA) is 63.1 Å². The first-order valence-electron chi connectivity index (χ1n) is 7.24. The van der Waals surface area contributed by atoms with E-state index in [1.807, 2.05) is 16.1 Å². The first-order chi connectivity index (χ1) is 10.6. The van der Waals surface area contributed by atoms with Crippen LogP contribution in [-0.4, -0.2) is 45.9 Å². The lowest BCUT2D eigenvalue weighted by Gasteiger charge is -2.22. The molecule has 0 aromatic carbocycles. The summed E-state index contributed by atoms with van der Waals surface area (Å²) in [5.74, 6) is -0.0949. The molecule has 1 fully saturated rings. The molecule has 0 spiro atoms. The average molecular weight is 421 g/mol. The van der Waals surface area contributed by atoms with Crippen molar-refractivity contribution >= 4 is 45.6 Å². The van der Waals surface area contributed by atoms with Crippen LogP contribution < -0.4 is 5.32 Å². The maximum atomic E-state index is 12.4. The molecule has 9 heteroatoms. The number of hydrogen-bond donors (Lipinski definition) is 1. The highest BCUT2D eigenvalue weighted by Gasteiger charge is 2.20. The van der Waals surface area contributed by atoms with Gasteiger partial charge in [-0.25, -0.2) is 4.68 Å². The summed E-state index contributed by atoms with van der Waals surface area (Å²) >= 11 is 5.05. The Morgan fingerprint density at radius 3 is 2.91 bits per heavy atom. The lowest BCUT2D eigenvalue weighted by atomic mass is 10.1. The van der Waals surface area contributed by atoms with Crippen LogP contribution in [-0.2, 0) is 6.54 Å². The number of halogens is 2. The summed E-state index contributed by atoms with van der Waals surface area (Å²) in [7, 11) is 1.79. The molecule has 126 valence electrons. The van der Waals surface area contributed by atoms with Crippen LogP contribution in [0.25, 0.3) is 0 Å². The maximum Gasteiger partial charge on any atom is 0.276 e. The Bertz CT molecular complexity index is 655. The van der Waals surface area contributed by atoms with Gasteiger partial charge in [-0.05, 0) is 58.9 Å². The summed E-state index contributed by atoms with van der Waals surface area (Å²) in [6.45, 7) is 2.54. The molecule has 6 nitrogen and oxygen atoms in total. The standard InChI is InChI=1S/C14H18BrN5OS.ClH/c1-19(7-10-6-13(15)22-9-10)14(21)12-8-20(18-17-12)11-2-4-16-5-3-11;/h6,8-9,11,16H,2-5,7H2,1H3;1H. The average Bonchev–Trinajstić information content (AvgIpc) is 3.17. The van der Waals surface area contributed by atoms with Crippen LogP contribution in [0.5, 0.6) is 0 Å². The van der Waals surface area contributed by atoms with Crippen molar-refractivity contribution in [2.75, 3.05) is 20.1 Å². The van der Waals surface area contributed by atoms with Gasteiger partial charge in [0.15, 0.2) is 5.69 Å². The molecule has 0 radical (unpaired) electrons. The lowest BCUT2D eigenvalue weighted by molar-refractivity contribution is 0.0779. The van der Waals surface area contributed by atoms with Gasteiger partial charge in [-0.3, -0.25) is 4.79 Å². The minimum Gasteiger partial charge on any atom is -0.336 e. The molecular formula is C14H19BrClN5OS. The highest BCUT2D eigenvalue weighted by molar-refractivity contribution is 9.11. The summed E-state index contributed by atoms with van der Waals surface area (Å²) in [4.78, 5) is 14.1. The Labute approximate surface area is 153 Å². The molecular weight excluding hydrogens is 402 g/mol. The van der Waals surface area contributed by atoms with E-state index in [1.165, 1.54) is 0 Å². The molecule has 0 aliphatic carbocycles. The molecule has 1 saturated heterocycles. The molecule has 23 heavy (non-hydrogen) atoms. The molecule has 2 aromatic rings. The van der Waals surface area contributed by atoms with Crippen molar-refractivity contribution in [3.8, 4) is 0 Å². The van der Waals surface area contributed by atoms with Crippen LogP contribution >= 0.6 is 39.7 Å². The summed E-state index contributed by atoms with van der Waals surface area (Å²) in [5, 5.41) is 13.6. The van der Waals surface area contributed by atoms with Crippen LogP contribution in [0, 0.1) is 0 Å². The summed E-state index contributed by atoms with van der Waals surface area (Å²) in [6.07, 6.45) is 3.82. The molecule has 3 rings (SSSR count). The second-order valence-corrected chi connectivity index (χ2v) is 7.78. The van der Waals surface area contributed by atoms with Gasteiger partial charge in [0.1, 0.15) is 0 Å². The van der Waals surface area contributed by atoms with E-state index in [9.17, 15) is 4.79 Å². The number of piperidine rings is 1. The summed E-state index contributed by atoms with van der Waals surface area (Å²) in [6, 6.07) is 2.37. The quantitative estimate of drug-likeness (QED) is 0.826. The van der Waals surface area contributed by atoms with E-state index in [4.69, 9.17) is 0 Å². The number of nitrogens with zero attached hydrogens (tertiary/aromatic N) is 4. The molecule has 0 saturated carbocycles. The Morgan fingerprint density at radius 2 is 2.26 bits per heavy atom. The van der Waals surface area contributed by atoms with Crippen LogP contribution in [0.15, 0.2) is 21.4 Å². The number of carbonyl (C=O) groups is 1. The first kappa shape index (κ1) is 18.4. The molecule has 1 amide bonds. The summed E-state index contributed by atoms with van der Waals surface area (Å²) < 4.78 is 2.91. The fourth-order valence-corrected chi connectivity index (χ4v) is 3.79. The molecule has 2 aromatic heterocycles. The maximum absolute atomic E-state index is 12.4. The number of aromatic nitrogens is 3. The second-order valence-electron chi connectivity index (χ2n) is 5.49. The van der Waals surface area contributed by atoms with Gasteiger partial charge in [0, 0.05) is 13.6 Å². The highest BCUT2D eigenvalue weighted by atomic mass is 79.9. The second kappa shape index (κ2) is 8.23. The van der Waals surface area contributed by atoms with Crippen molar-refractivity contribution in [2.24, 2.45) is 0 Å². The van der Waals surface area contributed by atoms with Crippen LogP contribution in [0.4, 0.5) is 0 Å². The molecule has 0 unspecified atom stereocenters. The van der Waals surface area contributed by atoms with E-state index >= 15 is 0 Å². The van der Waals surface area contributed by atoms with Gasteiger partial charge < -0.3 is 10.2 Å². The smallest absolute Gasteiger partial charge is 0.276 e. The first-order valence-corrected chi connectivity index (χ1v) is 8.91. The van der Waals surface area contributed by atoms with Crippen molar-refractivity contribution in [3.05, 3.63) is 32.7 Å². The van der Waals surface area contributed by atoms with Gasteiger partial charge >= 0.3 is 0 Å². The third-order valence-electron chi connectivity index (χ3n) is 3.80. The van der Waals surface area contributed by atoms with E-state index in [-0.39, 0.29) is 18.3 Å².